The van der Waals surface area contributed by atoms with Crippen LogP contribution in [0.5, 0.6) is 0 Å². The summed E-state index contributed by atoms with van der Waals surface area (Å²) >= 11 is 12.4. The Morgan fingerprint density at radius 2 is 1.31 bits per heavy atom. The lowest BCUT2D eigenvalue weighted by molar-refractivity contribution is -0.140. The van der Waals surface area contributed by atoms with Crippen LogP contribution >= 0.6 is 23.2 Å². The van der Waals surface area contributed by atoms with Gasteiger partial charge < -0.3 is 14.2 Å². The number of aryl methyl sites for hydroxylation is 1. The van der Waals surface area contributed by atoms with Crippen LogP contribution < -0.4 is 4.90 Å². The summed E-state index contributed by atoms with van der Waals surface area (Å²) in [4.78, 5) is 26.4. The van der Waals surface area contributed by atoms with Gasteiger partial charge in [-0.05, 0) is 38.3 Å². The first-order chi connectivity index (χ1) is 17.0. The number of hydrogen-bond donors (Lipinski definition) is 0. The highest BCUT2D eigenvalue weighted by atomic mass is 35.5. The second-order valence-electron chi connectivity index (χ2n) is 9.11. The molecule has 0 saturated carbocycles. The minimum Gasteiger partial charge on any atom is -0.469 e. The van der Waals surface area contributed by atoms with Crippen molar-refractivity contribution >= 4 is 46.3 Å². The van der Waals surface area contributed by atoms with Crippen molar-refractivity contribution in [2.24, 2.45) is 0 Å². The van der Waals surface area contributed by atoms with Gasteiger partial charge in [-0.2, -0.15) is 9.97 Å². The van der Waals surface area contributed by atoms with Crippen molar-refractivity contribution in [3.05, 3.63) is 10.4 Å². The quantitative estimate of drug-likeness (QED) is 0.0809. The summed E-state index contributed by atoms with van der Waals surface area (Å²) in [5, 5.41) is 0.501. The summed E-state index contributed by atoms with van der Waals surface area (Å²) in [6, 6.07) is 0. The molecule has 0 atom stereocenters. The topological polar surface area (TPSA) is 73.1 Å². The molecule has 35 heavy (non-hydrogen) atoms. The van der Waals surface area contributed by atoms with Gasteiger partial charge in [-0.15, -0.1) is 0 Å². The molecule has 2 aromatic rings. The van der Waals surface area contributed by atoms with Gasteiger partial charge in [-0.1, -0.05) is 82.2 Å². The Kier molecular flexibility index (Phi) is 14.4. The van der Waals surface area contributed by atoms with Gasteiger partial charge in [-0.25, -0.2) is 4.98 Å². The molecular weight excluding hydrogens is 485 g/mol. The molecule has 0 fully saturated rings. The molecule has 198 valence electrons. The van der Waals surface area contributed by atoms with Gasteiger partial charge >= 0.3 is 5.97 Å². The van der Waals surface area contributed by atoms with E-state index < -0.39 is 0 Å². The molecule has 0 radical (unpaired) electrons. The van der Waals surface area contributed by atoms with Gasteiger partial charge in [0.2, 0.25) is 11.2 Å². The van der Waals surface area contributed by atoms with Crippen molar-refractivity contribution < 1.29 is 9.53 Å². The lowest BCUT2D eigenvalue weighted by atomic mass is 10.0. The Bertz CT molecular complexity index is 886. The fourth-order valence-electron chi connectivity index (χ4n) is 4.50. The third-order valence-corrected chi connectivity index (χ3v) is 6.98. The van der Waals surface area contributed by atoms with Gasteiger partial charge in [0.05, 0.1) is 7.11 Å². The predicted molar refractivity (Wildman–Crippen MR) is 146 cm³/mol. The minimum absolute atomic E-state index is 0.0889. The molecule has 0 N–H and O–H groups in total. The van der Waals surface area contributed by atoms with Gasteiger partial charge in [-0.3, -0.25) is 4.79 Å². The molecule has 0 saturated heterocycles. The van der Waals surface area contributed by atoms with E-state index in [1.165, 1.54) is 71.3 Å². The standard InChI is InChI=1S/C26H43Cl2N5O2/c1-4-32(5-2)26-31-24-22(23(27)29-25(28)30-24)33(26)20-18-16-14-12-10-8-6-7-9-11-13-15-17-19-21(34)35-3/h4-20H2,1-3H3. The van der Waals surface area contributed by atoms with E-state index in [9.17, 15) is 4.79 Å². The van der Waals surface area contributed by atoms with E-state index in [-0.39, 0.29) is 11.3 Å². The van der Waals surface area contributed by atoms with Crippen LogP contribution in [0.2, 0.25) is 10.4 Å². The van der Waals surface area contributed by atoms with Crippen molar-refractivity contribution in [1.82, 2.24) is 19.5 Å². The summed E-state index contributed by atoms with van der Waals surface area (Å²) in [7, 11) is 1.46. The zero-order valence-corrected chi connectivity index (χ0v) is 23.3. The summed E-state index contributed by atoms with van der Waals surface area (Å²) in [5.74, 6) is 0.806. The molecule has 0 amide bonds. The van der Waals surface area contributed by atoms with Crippen LogP contribution in [0, 0.1) is 0 Å². The van der Waals surface area contributed by atoms with E-state index in [4.69, 9.17) is 28.2 Å². The monoisotopic (exact) mass is 527 g/mol. The maximum Gasteiger partial charge on any atom is 0.305 e. The van der Waals surface area contributed by atoms with Gasteiger partial charge in [0.15, 0.2) is 10.8 Å². The number of carbonyl (C=O) groups is 1. The van der Waals surface area contributed by atoms with Gasteiger partial charge in [0, 0.05) is 26.1 Å². The Balaban J connectivity index is 1.61. The summed E-state index contributed by atoms with van der Waals surface area (Å²) in [5.41, 5.74) is 1.35. The van der Waals surface area contributed by atoms with E-state index in [2.05, 4.69) is 38.0 Å². The molecule has 2 aromatic heterocycles. The number of aromatic nitrogens is 4. The molecule has 0 aliphatic heterocycles. The summed E-state index contributed by atoms with van der Waals surface area (Å²) < 4.78 is 6.83. The molecule has 2 heterocycles. The molecule has 0 aliphatic rings. The number of nitrogens with zero attached hydrogens (tertiary/aromatic N) is 5. The first-order valence-corrected chi connectivity index (χ1v) is 14.2. The number of halogens is 2. The number of unbranched alkanes of at least 4 members (excludes halogenated alkanes) is 12. The second-order valence-corrected chi connectivity index (χ2v) is 9.81. The van der Waals surface area contributed by atoms with E-state index >= 15 is 0 Å². The summed E-state index contributed by atoms with van der Waals surface area (Å²) in [6.07, 6.45) is 16.6. The lowest BCUT2D eigenvalue weighted by Gasteiger charge is -2.21. The van der Waals surface area contributed by atoms with Crippen LogP contribution in [0.4, 0.5) is 5.95 Å². The highest BCUT2D eigenvalue weighted by Gasteiger charge is 2.19. The van der Waals surface area contributed by atoms with E-state index in [0.29, 0.717) is 17.2 Å². The number of fused-ring (bicyclic) bond motifs is 1. The highest BCUT2D eigenvalue weighted by molar-refractivity contribution is 6.35. The zero-order chi connectivity index (χ0) is 25.5. The molecule has 2 rings (SSSR count). The van der Waals surface area contributed by atoms with Crippen LogP contribution in [0.15, 0.2) is 0 Å². The normalized spacial score (nSPS) is 11.3. The van der Waals surface area contributed by atoms with Gasteiger partial charge in [0.1, 0.15) is 5.52 Å². The molecule has 9 heteroatoms. The first kappa shape index (κ1) is 29.6. The number of ether oxygens (including phenoxy) is 1. The molecule has 7 nitrogen and oxygen atoms in total. The number of imidazole rings is 1. The molecule has 0 bridgehead atoms. The number of carbonyl (C=O) groups excluding carboxylic acids is 1. The largest absolute Gasteiger partial charge is 0.469 e. The number of esters is 1. The Hall–Kier alpha value is -1.60. The predicted octanol–water partition coefficient (Wildman–Crippen LogP) is 7.61. The van der Waals surface area contributed by atoms with Crippen LogP contribution in [0.25, 0.3) is 11.2 Å². The van der Waals surface area contributed by atoms with Crippen molar-refractivity contribution in [1.29, 1.82) is 0 Å². The van der Waals surface area contributed by atoms with Crippen LogP contribution in [0.3, 0.4) is 0 Å². The van der Waals surface area contributed by atoms with Gasteiger partial charge in [0.25, 0.3) is 0 Å². The molecule has 0 unspecified atom stereocenters. The van der Waals surface area contributed by atoms with Crippen molar-refractivity contribution in [3.63, 3.8) is 0 Å². The van der Waals surface area contributed by atoms with Crippen molar-refractivity contribution in [2.45, 2.75) is 110 Å². The highest BCUT2D eigenvalue weighted by Crippen LogP contribution is 2.28. The number of anilines is 1. The Morgan fingerprint density at radius 3 is 1.83 bits per heavy atom. The average Bonchev–Trinajstić information content (AvgIpc) is 3.20. The Morgan fingerprint density at radius 1 is 0.800 bits per heavy atom. The van der Waals surface area contributed by atoms with Crippen LogP contribution in [-0.4, -0.2) is 45.7 Å². The second kappa shape index (κ2) is 17.0. The summed E-state index contributed by atoms with van der Waals surface area (Å²) in [6.45, 7) is 6.84. The molecule has 0 aliphatic carbocycles. The number of methoxy groups -OCH3 is 1. The van der Waals surface area contributed by atoms with Crippen LogP contribution in [0.1, 0.15) is 104 Å². The smallest absolute Gasteiger partial charge is 0.305 e. The molecular formula is C26H43Cl2N5O2. The van der Waals surface area contributed by atoms with Crippen molar-refractivity contribution in [3.8, 4) is 0 Å². The maximum absolute atomic E-state index is 11.1. The lowest BCUT2D eigenvalue weighted by Crippen LogP contribution is -2.25. The third-order valence-electron chi connectivity index (χ3n) is 6.55. The Labute approximate surface area is 220 Å². The SMILES string of the molecule is CCN(CC)c1nc2nc(Cl)nc(Cl)c2n1CCCCCCCCCCCCCCCC(=O)OC. The number of hydrogen-bond acceptors (Lipinski definition) is 6. The number of rotatable bonds is 19. The first-order valence-electron chi connectivity index (χ1n) is 13.4. The fraction of sp³-hybridized carbons (Fsp3) is 0.769. The molecule has 0 aromatic carbocycles. The molecule has 0 spiro atoms. The van der Waals surface area contributed by atoms with E-state index in [1.807, 2.05) is 0 Å². The van der Waals surface area contributed by atoms with Crippen molar-refractivity contribution in [2.75, 3.05) is 25.1 Å². The minimum atomic E-state index is -0.0889. The van der Waals surface area contributed by atoms with Crippen LogP contribution in [-0.2, 0) is 16.1 Å². The van der Waals surface area contributed by atoms with E-state index in [1.54, 1.807) is 0 Å². The third kappa shape index (κ3) is 10.1. The van der Waals surface area contributed by atoms with E-state index in [0.717, 1.165) is 50.4 Å². The maximum atomic E-state index is 11.1. The fourth-order valence-corrected chi connectivity index (χ4v) is 4.98. The average molecular weight is 529 g/mol. The zero-order valence-electron chi connectivity index (χ0n) is 21.8.